The third kappa shape index (κ3) is 1.89. The van der Waals surface area contributed by atoms with Crippen LogP contribution in [0.2, 0.25) is 0 Å². The van der Waals surface area contributed by atoms with Crippen LogP contribution in [-0.4, -0.2) is 38.8 Å². The van der Waals surface area contributed by atoms with E-state index in [0.29, 0.717) is 18.5 Å². The standard InChI is InChI=1S/C25H23N3O5/c1-4-12-9-14-19-15(11-26-22(19)29)18-13-7-5-6-8-16(13)28-21(18)20(14)27(12)17-10-25(31,23(30)32-3)24(28,2)33-17/h5-9,17,31H,4,10-11H2,1-3H3,(H,26,29). The number of carbonyl (C=O) groups excluding carboxylic acids is 2. The zero-order valence-corrected chi connectivity index (χ0v) is 18.6. The van der Waals surface area contributed by atoms with E-state index < -0.39 is 23.5 Å². The highest BCUT2D eigenvalue weighted by molar-refractivity contribution is 6.25. The van der Waals surface area contributed by atoms with Crippen LogP contribution in [-0.2, 0) is 33.0 Å². The van der Waals surface area contributed by atoms with E-state index in [2.05, 4.69) is 22.9 Å². The summed E-state index contributed by atoms with van der Waals surface area (Å²) < 4.78 is 15.7. The van der Waals surface area contributed by atoms with E-state index in [1.165, 1.54) is 7.11 Å². The lowest BCUT2D eigenvalue weighted by Gasteiger charge is -2.37. The van der Waals surface area contributed by atoms with Crippen molar-refractivity contribution in [1.82, 2.24) is 14.5 Å². The molecule has 5 heterocycles. The topological polar surface area (TPSA) is 94.7 Å². The Morgan fingerprint density at radius 1 is 1.30 bits per heavy atom. The fourth-order valence-corrected chi connectivity index (χ4v) is 6.47. The number of nitrogens with one attached hydrogen (secondary N) is 1. The first-order valence-corrected chi connectivity index (χ1v) is 11.2. The second-order valence-electron chi connectivity index (χ2n) is 9.35. The third-order valence-electron chi connectivity index (χ3n) is 7.94. The summed E-state index contributed by atoms with van der Waals surface area (Å²) in [6, 6.07) is 9.94. The molecule has 3 atom stereocenters. The fraction of sp³-hybridized carbons (Fsp3) is 0.360. The van der Waals surface area contributed by atoms with Crippen LogP contribution in [0, 0.1) is 0 Å². The second-order valence-corrected chi connectivity index (χ2v) is 9.35. The van der Waals surface area contributed by atoms with E-state index in [4.69, 9.17) is 9.47 Å². The SMILES string of the molecule is CCc1cc2c3c(c4c5ccccc5n5c4c2n1C1CC(O)(C(=O)OC)C5(C)O1)CNC3=O. The normalized spacial score (nSPS) is 27.5. The molecule has 8 nitrogen and oxygen atoms in total. The predicted molar refractivity (Wildman–Crippen MR) is 121 cm³/mol. The van der Waals surface area contributed by atoms with Gasteiger partial charge < -0.3 is 29.0 Å². The quantitative estimate of drug-likeness (QED) is 0.463. The van der Waals surface area contributed by atoms with Crippen molar-refractivity contribution in [3.63, 3.8) is 0 Å². The number of aryl methyl sites for hydroxylation is 1. The smallest absolute Gasteiger partial charge is 0.343 e. The van der Waals surface area contributed by atoms with Gasteiger partial charge in [0.25, 0.3) is 5.91 Å². The number of rotatable bonds is 2. The number of nitrogens with zero attached hydrogens (tertiary/aromatic N) is 2. The van der Waals surface area contributed by atoms with E-state index in [9.17, 15) is 14.7 Å². The molecule has 2 N–H and O–H groups in total. The number of fused-ring (bicyclic) bond motifs is 10. The predicted octanol–water partition coefficient (Wildman–Crippen LogP) is 3.06. The highest BCUT2D eigenvalue weighted by Gasteiger charge is 2.65. The lowest BCUT2D eigenvalue weighted by Crippen LogP contribution is -2.56. The Morgan fingerprint density at radius 2 is 2.09 bits per heavy atom. The van der Waals surface area contributed by atoms with Crippen molar-refractivity contribution in [1.29, 1.82) is 0 Å². The monoisotopic (exact) mass is 445 g/mol. The van der Waals surface area contributed by atoms with Crippen LogP contribution in [0.4, 0.5) is 0 Å². The summed E-state index contributed by atoms with van der Waals surface area (Å²) in [7, 11) is 1.28. The van der Waals surface area contributed by atoms with Crippen LogP contribution in [0.1, 0.15) is 48.1 Å². The van der Waals surface area contributed by atoms with Gasteiger partial charge in [0.15, 0.2) is 5.72 Å². The number of benzene rings is 2. The van der Waals surface area contributed by atoms with Crippen molar-refractivity contribution in [2.45, 2.75) is 50.8 Å². The molecule has 0 spiro atoms. The second kappa shape index (κ2) is 5.76. The van der Waals surface area contributed by atoms with Crippen molar-refractivity contribution in [2.24, 2.45) is 0 Å². The lowest BCUT2D eigenvalue weighted by molar-refractivity contribution is -0.202. The molecule has 1 fully saturated rings. The number of esters is 1. The zero-order chi connectivity index (χ0) is 22.9. The van der Waals surface area contributed by atoms with Gasteiger partial charge >= 0.3 is 5.97 Å². The minimum atomic E-state index is -1.90. The Morgan fingerprint density at radius 3 is 2.85 bits per heavy atom. The molecule has 0 saturated carbocycles. The van der Waals surface area contributed by atoms with Crippen molar-refractivity contribution >= 4 is 44.6 Å². The Bertz CT molecular complexity index is 1580. The first kappa shape index (κ1) is 19.1. The molecule has 168 valence electrons. The van der Waals surface area contributed by atoms with Crippen LogP contribution in [0.5, 0.6) is 0 Å². The minimum Gasteiger partial charge on any atom is -0.467 e. The molecular formula is C25H23N3O5. The zero-order valence-electron chi connectivity index (χ0n) is 18.6. The van der Waals surface area contributed by atoms with Gasteiger partial charge in [-0.15, -0.1) is 0 Å². The molecule has 0 aliphatic carbocycles. The van der Waals surface area contributed by atoms with E-state index in [1.807, 2.05) is 28.8 Å². The maximum Gasteiger partial charge on any atom is 0.343 e. The molecule has 7 rings (SSSR count). The summed E-state index contributed by atoms with van der Waals surface area (Å²) in [6.07, 6.45) is 0.167. The highest BCUT2D eigenvalue weighted by Crippen LogP contribution is 2.56. The molecule has 0 radical (unpaired) electrons. The molecule has 1 saturated heterocycles. The van der Waals surface area contributed by atoms with Crippen LogP contribution < -0.4 is 5.32 Å². The maximum atomic E-state index is 13.0. The largest absolute Gasteiger partial charge is 0.467 e. The Balaban J connectivity index is 1.80. The van der Waals surface area contributed by atoms with Crippen molar-refractivity contribution in [3.05, 3.63) is 47.2 Å². The van der Waals surface area contributed by atoms with Crippen molar-refractivity contribution < 1.29 is 24.2 Å². The molecule has 3 aliphatic heterocycles. The van der Waals surface area contributed by atoms with E-state index in [1.54, 1.807) is 6.92 Å². The molecule has 2 aromatic carbocycles. The van der Waals surface area contributed by atoms with Crippen LogP contribution in [0.25, 0.3) is 32.7 Å². The summed E-state index contributed by atoms with van der Waals surface area (Å²) >= 11 is 0. The van der Waals surface area contributed by atoms with Gasteiger partial charge in [-0.25, -0.2) is 4.79 Å². The molecule has 8 heteroatoms. The van der Waals surface area contributed by atoms with Crippen LogP contribution >= 0.6 is 0 Å². The van der Waals surface area contributed by atoms with Gasteiger partial charge in [-0.1, -0.05) is 25.1 Å². The number of amides is 1. The number of ether oxygens (including phenoxy) is 2. The molecule has 4 aromatic rings. The summed E-state index contributed by atoms with van der Waals surface area (Å²) in [5.74, 6) is -0.794. The molecular weight excluding hydrogens is 422 g/mol. The van der Waals surface area contributed by atoms with Crippen LogP contribution in [0.15, 0.2) is 30.3 Å². The number of methoxy groups -OCH3 is 1. The van der Waals surface area contributed by atoms with Gasteiger partial charge in [-0.05, 0) is 31.0 Å². The number of hydrogen-bond donors (Lipinski definition) is 2. The van der Waals surface area contributed by atoms with Gasteiger partial charge in [0, 0.05) is 34.8 Å². The van der Waals surface area contributed by atoms with Crippen molar-refractivity contribution in [3.8, 4) is 0 Å². The van der Waals surface area contributed by atoms with Gasteiger partial charge in [0.05, 0.1) is 29.2 Å². The lowest BCUT2D eigenvalue weighted by atomic mass is 9.88. The number of para-hydroxylation sites is 1. The molecule has 1 amide bonds. The van der Waals surface area contributed by atoms with Gasteiger partial charge in [-0.3, -0.25) is 4.79 Å². The van der Waals surface area contributed by atoms with Gasteiger partial charge in [0.1, 0.15) is 6.23 Å². The Kier molecular flexibility index (Phi) is 3.34. The number of aromatic nitrogens is 2. The average molecular weight is 445 g/mol. The van der Waals surface area contributed by atoms with Gasteiger partial charge in [0.2, 0.25) is 5.60 Å². The third-order valence-corrected chi connectivity index (χ3v) is 7.94. The molecule has 2 bridgehead atoms. The number of hydrogen-bond acceptors (Lipinski definition) is 5. The van der Waals surface area contributed by atoms with Crippen LogP contribution in [0.3, 0.4) is 0 Å². The van der Waals surface area contributed by atoms with E-state index in [-0.39, 0.29) is 12.3 Å². The maximum absolute atomic E-state index is 13.0. The first-order valence-electron chi connectivity index (χ1n) is 11.2. The number of carbonyl (C=O) groups is 2. The summed E-state index contributed by atoms with van der Waals surface area (Å²) in [4.78, 5) is 26.0. The first-order chi connectivity index (χ1) is 15.9. The summed E-state index contributed by atoms with van der Waals surface area (Å²) in [5, 5.41) is 17.7. The van der Waals surface area contributed by atoms with Gasteiger partial charge in [-0.2, -0.15) is 0 Å². The summed E-state index contributed by atoms with van der Waals surface area (Å²) in [5.41, 5.74) is 1.95. The fourth-order valence-electron chi connectivity index (χ4n) is 6.47. The Labute approximate surface area is 188 Å². The summed E-state index contributed by atoms with van der Waals surface area (Å²) in [6.45, 7) is 4.25. The Hall–Kier alpha value is -3.36. The molecule has 33 heavy (non-hydrogen) atoms. The molecule has 3 aliphatic rings. The van der Waals surface area contributed by atoms with Crippen molar-refractivity contribution in [2.75, 3.05) is 7.11 Å². The van der Waals surface area contributed by atoms with E-state index in [0.717, 1.165) is 44.0 Å². The average Bonchev–Trinajstić information content (AvgIpc) is 3.51. The number of aliphatic hydroxyl groups is 1. The minimum absolute atomic E-state index is 0.0453. The molecule has 2 aromatic heterocycles. The highest BCUT2D eigenvalue weighted by atomic mass is 16.6. The van der Waals surface area contributed by atoms with E-state index >= 15 is 0 Å². The molecule has 3 unspecified atom stereocenters.